The molecule has 0 aliphatic heterocycles. The van der Waals surface area contributed by atoms with E-state index in [9.17, 15) is 14.4 Å². The molecule has 1 unspecified atom stereocenters. The molecule has 6 heteroatoms. The number of hydrogen-bond acceptors (Lipinski definition) is 6. The van der Waals surface area contributed by atoms with Gasteiger partial charge in [0.15, 0.2) is 6.10 Å². The molecule has 0 aromatic carbocycles. The van der Waals surface area contributed by atoms with Crippen molar-refractivity contribution in [2.24, 2.45) is 0 Å². The third-order valence-electron chi connectivity index (χ3n) is 13.3. The minimum Gasteiger partial charge on any atom is -0.462 e. The summed E-state index contributed by atoms with van der Waals surface area (Å²) in [6.45, 7) is 6.47. The van der Waals surface area contributed by atoms with Crippen molar-refractivity contribution >= 4 is 17.9 Å². The number of carbonyl (C=O) groups is 3. The molecule has 75 heavy (non-hydrogen) atoms. The second-order valence-corrected chi connectivity index (χ2v) is 20.6. The average molecular weight is 1040 g/mol. The molecule has 428 valence electrons. The highest BCUT2D eigenvalue weighted by Crippen LogP contribution is 2.15. The van der Waals surface area contributed by atoms with Gasteiger partial charge in [0.2, 0.25) is 0 Å². The largest absolute Gasteiger partial charge is 0.462 e. The summed E-state index contributed by atoms with van der Waals surface area (Å²) in [6.07, 6.45) is 85.4. The second-order valence-electron chi connectivity index (χ2n) is 20.6. The molecule has 6 nitrogen and oxygen atoms in total. The molecule has 0 aliphatic carbocycles. The van der Waals surface area contributed by atoms with Crippen molar-refractivity contribution in [3.63, 3.8) is 0 Å². The van der Waals surface area contributed by atoms with Crippen LogP contribution in [0, 0.1) is 0 Å². The minimum atomic E-state index is -0.784. The summed E-state index contributed by atoms with van der Waals surface area (Å²) in [7, 11) is 0. The molecule has 0 saturated carbocycles. The first-order valence-corrected chi connectivity index (χ1v) is 31.4. The molecule has 0 saturated heterocycles. The molecule has 0 fully saturated rings. The van der Waals surface area contributed by atoms with Crippen molar-refractivity contribution < 1.29 is 28.6 Å². The van der Waals surface area contributed by atoms with Gasteiger partial charge in [-0.25, -0.2) is 0 Å². The maximum atomic E-state index is 12.9. The molecule has 1 atom stereocenters. The lowest BCUT2D eigenvalue weighted by Crippen LogP contribution is -2.30. The molecule has 0 aliphatic rings. The maximum absolute atomic E-state index is 12.9. The predicted molar refractivity (Wildman–Crippen MR) is 325 cm³/mol. The number of ether oxygens (including phenoxy) is 3. The van der Waals surface area contributed by atoms with Gasteiger partial charge in [-0.15, -0.1) is 0 Å². The van der Waals surface area contributed by atoms with Crippen molar-refractivity contribution in [1.82, 2.24) is 0 Å². The van der Waals surface area contributed by atoms with Crippen LogP contribution in [-0.2, 0) is 28.6 Å². The van der Waals surface area contributed by atoms with Gasteiger partial charge in [0.25, 0.3) is 0 Å². The van der Waals surface area contributed by atoms with Crippen LogP contribution in [0.5, 0.6) is 0 Å². The van der Waals surface area contributed by atoms with Gasteiger partial charge in [-0.1, -0.05) is 271 Å². The highest BCUT2D eigenvalue weighted by molar-refractivity contribution is 5.71. The summed E-state index contributed by atoms with van der Waals surface area (Å²) in [5.74, 6) is -0.901. The Hall–Kier alpha value is -3.93. The van der Waals surface area contributed by atoms with Crippen LogP contribution in [0.25, 0.3) is 0 Å². The molecule has 0 aromatic heterocycles. The quantitative estimate of drug-likeness (QED) is 0.0261. The van der Waals surface area contributed by atoms with Crippen LogP contribution in [0.2, 0.25) is 0 Å². The Morgan fingerprint density at radius 2 is 0.520 bits per heavy atom. The zero-order valence-corrected chi connectivity index (χ0v) is 49.0. The fraction of sp³-hybridized carbons (Fsp3) is 0.696. The number of allylic oxidation sites excluding steroid dienone is 18. The number of rotatable bonds is 56. The number of carbonyl (C=O) groups excluding carboxylic acids is 3. The summed E-state index contributed by atoms with van der Waals surface area (Å²) in [5.41, 5.74) is 0. The molecule has 0 bridgehead atoms. The smallest absolute Gasteiger partial charge is 0.306 e. The van der Waals surface area contributed by atoms with E-state index in [0.717, 1.165) is 116 Å². The van der Waals surface area contributed by atoms with Crippen LogP contribution < -0.4 is 0 Å². The van der Waals surface area contributed by atoms with E-state index in [1.165, 1.54) is 135 Å². The van der Waals surface area contributed by atoms with Crippen LogP contribution in [-0.4, -0.2) is 37.2 Å². The monoisotopic (exact) mass is 1040 g/mol. The summed E-state index contributed by atoms with van der Waals surface area (Å²) in [5, 5.41) is 0. The van der Waals surface area contributed by atoms with E-state index in [4.69, 9.17) is 14.2 Å². The Labute approximate surface area is 463 Å². The van der Waals surface area contributed by atoms with E-state index in [0.29, 0.717) is 19.3 Å². The van der Waals surface area contributed by atoms with Crippen molar-refractivity contribution in [1.29, 1.82) is 0 Å². The van der Waals surface area contributed by atoms with Gasteiger partial charge < -0.3 is 14.2 Å². The topological polar surface area (TPSA) is 78.9 Å². The lowest BCUT2D eigenvalue weighted by Gasteiger charge is -2.18. The lowest BCUT2D eigenvalue weighted by molar-refractivity contribution is -0.167. The van der Waals surface area contributed by atoms with E-state index < -0.39 is 6.10 Å². The fourth-order valence-corrected chi connectivity index (χ4v) is 8.57. The van der Waals surface area contributed by atoms with Crippen molar-refractivity contribution in [3.05, 3.63) is 109 Å². The Balaban J connectivity index is 4.20. The third kappa shape index (κ3) is 60.8. The van der Waals surface area contributed by atoms with E-state index in [-0.39, 0.29) is 31.1 Å². The zero-order chi connectivity index (χ0) is 54.3. The van der Waals surface area contributed by atoms with Gasteiger partial charge >= 0.3 is 17.9 Å². The summed E-state index contributed by atoms with van der Waals surface area (Å²) in [4.78, 5) is 38.1. The second kappa shape index (κ2) is 62.6. The van der Waals surface area contributed by atoms with Crippen LogP contribution in [0.15, 0.2) is 109 Å². The average Bonchev–Trinajstić information content (AvgIpc) is 3.41. The normalized spacial score (nSPS) is 12.8. The Kier molecular flexibility index (Phi) is 59.3. The minimum absolute atomic E-state index is 0.0828. The predicted octanol–water partition coefficient (Wildman–Crippen LogP) is 21.4. The Bertz CT molecular complexity index is 1520. The highest BCUT2D eigenvalue weighted by atomic mass is 16.6. The first kappa shape index (κ1) is 71.1. The standard InChI is InChI=1S/C69H116O6/c1-4-7-10-13-16-18-20-22-24-26-28-30-31-32-33-34-35-36-37-39-40-42-44-46-48-50-53-56-59-62-68(71)74-65-66(64-73-67(70)61-58-55-52-15-12-9-6-3)75-69(72)63-60-57-54-51-49-47-45-43-41-38-29-27-25-23-21-19-17-14-11-8-5-2/h7,10,16,18,21-24,27-30,32-33,35-36,39-40,66H,4-6,8-9,11-15,17,19-20,25-26,31,34,37-38,41-65H2,1-3H3/b10-7-,18-16-,23-21-,24-22-,29-27-,30-28-,33-32-,36-35-,40-39-. The van der Waals surface area contributed by atoms with Gasteiger partial charge in [-0.05, 0) is 109 Å². The number of unbranched alkanes of at least 4 members (excludes halogenated alkanes) is 27. The Morgan fingerprint density at radius 3 is 0.813 bits per heavy atom. The lowest BCUT2D eigenvalue weighted by atomic mass is 10.1. The van der Waals surface area contributed by atoms with Gasteiger partial charge in [-0.3, -0.25) is 14.4 Å². The van der Waals surface area contributed by atoms with E-state index in [2.05, 4.69) is 130 Å². The molecule has 0 N–H and O–H groups in total. The Morgan fingerprint density at radius 1 is 0.280 bits per heavy atom. The highest BCUT2D eigenvalue weighted by Gasteiger charge is 2.19. The van der Waals surface area contributed by atoms with Crippen molar-refractivity contribution in [2.45, 2.75) is 297 Å². The molecule has 0 radical (unpaired) electrons. The first-order valence-electron chi connectivity index (χ1n) is 31.4. The van der Waals surface area contributed by atoms with E-state index in [1.807, 2.05) is 0 Å². The molecule has 0 rings (SSSR count). The van der Waals surface area contributed by atoms with E-state index >= 15 is 0 Å². The molecule has 0 amide bonds. The number of hydrogen-bond donors (Lipinski definition) is 0. The first-order chi connectivity index (χ1) is 37.0. The molecular formula is C69H116O6. The van der Waals surface area contributed by atoms with Gasteiger partial charge in [0.1, 0.15) is 13.2 Å². The third-order valence-corrected chi connectivity index (χ3v) is 13.3. The van der Waals surface area contributed by atoms with Crippen LogP contribution >= 0.6 is 0 Å². The molecular weight excluding hydrogens is 925 g/mol. The van der Waals surface area contributed by atoms with Gasteiger partial charge in [-0.2, -0.15) is 0 Å². The molecule has 0 spiro atoms. The molecule has 0 aromatic rings. The number of esters is 3. The van der Waals surface area contributed by atoms with Crippen LogP contribution in [0.3, 0.4) is 0 Å². The summed E-state index contributed by atoms with van der Waals surface area (Å²) >= 11 is 0. The van der Waals surface area contributed by atoms with Crippen LogP contribution in [0.4, 0.5) is 0 Å². The SMILES string of the molecule is CC/C=C\C/C=C\C/C=C\C/C=C\C/C=C\C/C=C\C/C=C\CCCCCCCCCC(=O)OCC(COC(=O)CCCCCCCCC)OC(=O)CCCCCCCCCCC/C=C\C/C=C\CCCCCCC. The van der Waals surface area contributed by atoms with Crippen LogP contribution in [0.1, 0.15) is 290 Å². The van der Waals surface area contributed by atoms with Gasteiger partial charge in [0.05, 0.1) is 0 Å². The molecule has 0 heterocycles. The maximum Gasteiger partial charge on any atom is 0.306 e. The van der Waals surface area contributed by atoms with E-state index in [1.54, 1.807) is 0 Å². The van der Waals surface area contributed by atoms with Crippen molar-refractivity contribution in [2.75, 3.05) is 13.2 Å². The summed E-state index contributed by atoms with van der Waals surface area (Å²) < 4.78 is 16.8. The summed E-state index contributed by atoms with van der Waals surface area (Å²) in [6, 6.07) is 0. The van der Waals surface area contributed by atoms with Gasteiger partial charge in [0, 0.05) is 19.3 Å². The zero-order valence-electron chi connectivity index (χ0n) is 49.0. The fourth-order valence-electron chi connectivity index (χ4n) is 8.57. The van der Waals surface area contributed by atoms with Crippen molar-refractivity contribution in [3.8, 4) is 0 Å².